The van der Waals surface area contributed by atoms with Gasteiger partial charge in [-0.1, -0.05) is 36.4 Å². The molecular formula is C19H23BrN2O2. The number of aliphatic hydroxyl groups is 1. The van der Waals surface area contributed by atoms with Crippen molar-refractivity contribution in [2.75, 3.05) is 13.1 Å². The highest BCUT2D eigenvalue weighted by Crippen LogP contribution is 2.35. The fourth-order valence-electron chi connectivity index (χ4n) is 3.28. The van der Waals surface area contributed by atoms with Gasteiger partial charge in [0.1, 0.15) is 6.29 Å². The summed E-state index contributed by atoms with van der Waals surface area (Å²) >= 11 is 0. The van der Waals surface area contributed by atoms with Gasteiger partial charge in [-0.15, -0.1) is 17.0 Å². The van der Waals surface area contributed by atoms with E-state index in [-0.39, 0.29) is 17.0 Å². The van der Waals surface area contributed by atoms with E-state index in [0.717, 1.165) is 25.9 Å². The van der Waals surface area contributed by atoms with Gasteiger partial charge in [0, 0.05) is 25.8 Å². The van der Waals surface area contributed by atoms with Crippen LogP contribution in [-0.4, -0.2) is 40.0 Å². The zero-order chi connectivity index (χ0) is 16.1. The van der Waals surface area contributed by atoms with Gasteiger partial charge in [0.25, 0.3) is 0 Å². The van der Waals surface area contributed by atoms with Crippen LogP contribution in [0.25, 0.3) is 0 Å². The molecule has 0 radical (unpaired) electrons. The summed E-state index contributed by atoms with van der Waals surface area (Å²) in [4.78, 5) is 18.1. The number of carbonyl (C=O) groups is 1. The van der Waals surface area contributed by atoms with Crippen molar-refractivity contribution >= 4 is 23.3 Å². The quantitative estimate of drug-likeness (QED) is 0.797. The Morgan fingerprint density at radius 2 is 1.79 bits per heavy atom. The third-order valence-electron chi connectivity index (χ3n) is 4.69. The van der Waals surface area contributed by atoms with Crippen LogP contribution < -0.4 is 0 Å². The fraction of sp³-hybridized carbons (Fsp3) is 0.368. The van der Waals surface area contributed by atoms with Gasteiger partial charge in [-0.3, -0.25) is 9.88 Å². The van der Waals surface area contributed by atoms with E-state index < -0.39 is 11.5 Å². The molecule has 0 aliphatic carbocycles. The maximum absolute atomic E-state index is 11.6. The molecule has 0 bridgehead atoms. The Hall–Kier alpha value is -1.56. The average molecular weight is 391 g/mol. The second kappa shape index (κ2) is 8.51. The van der Waals surface area contributed by atoms with Crippen LogP contribution in [0.15, 0.2) is 54.7 Å². The highest BCUT2D eigenvalue weighted by Gasteiger charge is 2.41. The summed E-state index contributed by atoms with van der Waals surface area (Å²) in [6, 6.07) is 15.8. The number of rotatable bonds is 5. The fourth-order valence-corrected chi connectivity index (χ4v) is 3.28. The molecule has 1 saturated heterocycles. The largest absolute Gasteiger partial charge is 0.389 e. The van der Waals surface area contributed by atoms with E-state index in [4.69, 9.17) is 0 Å². The first-order valence-corrected chi connectivity index (χ1v) is 8.06. The smallest absolute Gasteiger partial charge is 0.131 e. The molecular weight excluding hydrogens is 368 g/mol. The van der Waals surface area contributed by atoms with Crippen LogP contribution in [0.2, 0.25) is 0 Å². The molecule has 1 fully saturated rings. The minimum Gasteiger partial charge on any atom is -0.389 e. The van der Waals surface area contributed by atoms with E-state index in [1.807, 2.05) is 36.4 Å². The Morgan fingerprint density at radius 3 is 2.38 bits per heavy atom. The van der Waals surface area contributed by atoms with Gasteiger partial charge in [-0.05, 0) is 30.5 Å². The van der Waals surface area contributed by atoms with E-state index in [9.17, 15) is 9.90 Å². The van der Waals surface area contributed by atoms with Crippen molar-refractivity contribution in [3.8, 4) is 0 Å². The lowest BCUT2D eigenvalue weighted by molar-refractivity contribution is -0.118. The third-order valence-corrected chi connectivity index (χ3v) is 4.69. The van der Waals surface area contributed by atoms with Crippen LogP contribution >= 0.6 is 17.0 Å². The monoisotopic (exact) mass is 390 g/mol. The summed E-state index contributed by atoms with van der Waals surface area (Å²) in [6.45, 7) is 2.44. The van der Waals surface area contributed by atoms with Gasteiger partial charge in [0.15, 0.2) is 0 Å². The van der Waals surface area contributed by atoms with Crippen LogP contribution in [0.5, 0.6) is 0 Å². The Bertz CT molecular complexity index is 628. The summed E-state index contributed by atoms with van der Waals surface area (Å²) < 4.78 is 0. The molecule has 0 amide bonds. The maximum Gasteiger partial charge on any atom is 0.131 e. The van der Waals surface area contributed by atoms with Gasteiger partial charge < -0.3 is 9.90 Å². The molecule has 0 saturated carbocycles. The van der Waals surface area contributed by atoms with Crippen molar-refractivity contribution in [2.24, 2.45) is 0 Å². The molecule has 1 unspecified atom stereocenters. The van der Waals surface area contributed by atoms with E-state index in [1.165, 1.54) is 5.56 Å². The van der Waals surface area contributed by atoms with Gasteiger partial charge in [0.05, 0.1) is 17.2 Å². The van der Waals surface area contributed by atoms with Crippen LogP contribution in [-0.2, 0) is 11.3 Å². The van der Waals surface area contributed by atoms with E-state index >= 15 is 0 Å². The Morgan fingerprint density at radius 1 is 1.12 bits per heavy atom. The molecule has 1 aromatic heterocycles. The number of hydrogen-bond donors (Lipinski definition) is 1. The number of pyridine rings is 1. The summed E-state index contributed by atoms with van der Waals surface area (Å²) in [5.74, 6) is -0.553. The predicted molar refractivity (Wildman–Crippen MR) is 99.3 cm³/mol. The van der Waals surface area contributed by atoms with Crippen molar-refractivity contribution in [3.05, 3.63) is 66.0 Å². The molecule has 128 valence electrons. The lowest BCUT2D eigenvalue weighted by Gasteiger charge is -2.41. The second-order valence-electron chi connectivity index (χ2n) is 6.23. The zero-order valence-corrected chi connectivity index (χ0v) is 15.3. The van der Waals surface area contributed by atoms with Crippen LogP contribution in [0.3, 0.4) is 0 Å². The van der Waals surface area contributed by atoms with Crippen LogP contribution in [0.4, 0.5) is 0 Å². The first-order chi connectivity index (χ1) is 11.2. The number of carbonyl (C=O) groups excluding carboxylic acids is 1. The Kier molecular flexibility index (Phi) is 6.66. The maximum atomic E-state index is 11.6. The molecule has 4 nitrogen and oxygen atoms in total. The van der Waals surface area contributed by atoms with E-state index in [2.05, 4.69) is 22.0 Å². The van der Waals surface area contributed by atoms with Gasteiger partial charge in [-0.25, -0.2) is 0 Å². The molecule has 1 aromatic carbocycles. The minimum absolute atomic E-state index is 0. The van der Waals surface area contributed by atoms with Crippen LogP contribution in [0.1, 0.15) is 30.0 Å². The molecule has 0 spiro atoms. The SMILES string of the molecule is Br.O=CC(c1ccccn1)C1(O)CCN(Cc2ccccc2)CC1. The normalized spacial score (nSPS) is 18.4. The predicted octanol–water partition coefficient (Wildman–Crippen LogP) is 2.97. The Balaban J connectivity index is 0.00000208. The van der Waals surface area contributed by atoms with Crippen molar-refractivity contribution in [1.82, 2.24) is 9.88 Å². The molecule has 2 aromatic rings. The standard InChI is InChI=1S/C19H22N2O2.BrH/c22-15-17(18-8-4-5-11-20-18)19(23)9-12-21(13-10-19)14-16-6-2-1-3-7-16;/h1-8,11,15,17,23H,9-10,12-14H2;1H. The van der Waals surface area contributed by atoms with Crippen molar-refractivity contribution < 1.29 is 9.90 Å². The van der Waals surface area contributed by atoms with Gasteiger partial charge in [0.2, 0.25) is 0 Å². The number of halogens is 1. The number of hydrogen-bond acceptors (Lipinski definition) is 4. The highest BCUT2D eigenvalue weighted by molar-refractivity contribution is 8.93. The summed E-state index contributed by atoms with van der Waals surface area (Å²) in [5.41, 5.74) is 0.930. The van der Waals surface area contributed by atoms with Crippen molar-refractivity contribution in [3.63, 3.8) is 0 Å². The number of likely N-dealkylation sites (tertiary alicyclic amines) is 1. The van der Waals surface area contributed by atoms with E-state index in [1.54, 1.807) is 6.20 Å². The highest BCUT2D eigenvalue weighted by atomic mass is 79.9. The molecule has 3 rings (SSSR count). The average Bonchev–Trinajstić information content (AvgIpc) is 2.60. The molecule has 24 heavy (non-hydrogen) atoms. The molecule has 1 aliphatic heterocycles. The first kappa shape index (κ1) is 18.8. The van der Waals surface area contributed by atoms with Gasteiger partial charge >= 0.3 is 0 Å². The van der Waals surface area contributed by atoms with Crippen LogP contribution in [0, 0.1) is 0 Å². The first-order valence-electron chi connectivity index (χ1n) is 8.06. The number of aldehydes is 1. The lowest BCUT2D eigenvalue weighted by Crippen LogP contribution is -2.48. The van der Waals surface area contributed by atoms with Crippen molar-refractivity contribution in [2.45, 2.75) is 30.9 Å². The number of benzene rings is 1. The minimum atomic E-state index is -0.997. The molecule has 1 N–H and O–H groups in total. The molecule has 1 aliphatic rings. The topological polar surface area (TPSA) is 53.4 Å². The molecule has 2 heterocycles. The lowest BCUT2D eigenvalue weighted by atomic mass is 9.78. The second-order valence-corrected chi connectivity index (χ2v) is 6.23. The Labute approximate surface area is 153 Å². The molecule has 5 heteroatoms. The summed E-state index contributed by atoms with van der Waals surface area (Å²) in [6.07, 6.45) is 3.68. The summed E-state index contributed by atoms with van der Waals surface area (Å²) in [7, 11) is 0. The third kappa shape index (κ3) is 4.29. The number of aromatic nitrogens is 1. The molecule has 1 atom stereocenters. The van der Waals surface area contributed by atoms with Gasteiger partial charge in [-0.2, -0.15) is 0 Å². The van der Waals surface area contributed by atoms with Crippen molar-refractivity contribution in [1.29, 1.82) is 0 Å². The number of nitrogens with zero attached hydrogens (tertiary/aromatic N) is 2. The van der Waals surface area contributed by atoms with E-state index in [0.29, 0.717) is 18.5 Å². The number of piperidine rings is 1. The zero-order valence-electron chi connectivity index (χ0n) is 13.5. The summed E-state index contributed by atoms with van der Waals surface area (Å²) in [5, 5.41) is 11.0.